The van der Waals surface area contributed by atoms with Crippen LogP contribution in [0, 0.1) is 0 Å². The van der Waals surface area contributed by atoms with Crippen molar-refractivity contribution in [3.8, 4) is 0 Å². The number of nitrogens with one attached hydrogen (secondary N) is 1. The van der Waals surface area contributed by atoms with Gasteiger partial charge in [0.15, 0.2) is 0 Å². The van der Waals surface area contributed by atoms with Crippen LogP contribution in [-0.4, -0.2) is 13.6 Å². The van der Waals surface area contributed by atoms with E-state index in [1.165, 1.54) is 12.1 Å². The van der Waals surface area contributed by atoms with Crippen LogP contribution >= 0.6 is 0 Å². The van der Waals surface area contributed by atoms with E-state index >= 15 is 0 Å². The Labute approximate surface area is 82.6 Å². The molecule has 0 fully saturated rings. The summed E-state index contributed by atoms with van der Waals surface area (Å²) in [4.78, 5) is 0.0615. The van der Waals surface area contributed by atoms with Crippen LogP contribution in [0.15, 0.2) is 29.2 Å². The van der Waals surface area contributed by atoms with Gasteiger partial charge in [0, 0.05) is 0 Å². The fourth-order valence-electron chi connectivity index (χ4n) is 1.02. The summed E-state index contributed by atoms with van der Waals surface area (Å²) in [6.45, 7) is 1.74. The number of hydrogen-bond donors (Lipinski definition) is 3. The van der Waals surface area contributed by atoms with Crippen molar-refractivity contribution in [2.24, 2.45) is 5.14 Å². The Balaban J connectivity index is 3.01. The Morgan fingerprint density at radius 2 is 1.86 bits per heavy atom. The first-order valence-corrected chi connectivity index (χ1v) is 5.52. The quantitative estimate of drug-likeness (QED) is 0.636. The molecule has 0 saturated heterocycles. The summed E-state index contributed by atoms with van der Waals surface area (Å²) in [6.07, 6.45) is 0. The van der Waals surface area contributed by atoms with Crippen molar-refractivity contribution in [2.45, 2.75) is 17.9 Å². The van der Waals surface area contributed by atoms with Crippen LogP contribution < -0.4 is 10.6 Å². The van der Waals surface area contributed by atoms with Gasteiger partial charge in [0.25, 0.3) is 0 Å². The lowest BCUT2D eigenvalue weighted by Gasteiger charge is -2.09. The zero-order chi connectivity index (χ0) is 10.8. The topological polar surface area (TPSA) is 92.4 Å². The van der Waals surface area contributed by atoms with E-state index in [0.29, 0.717) is 0 Å². The third kappa shape index (κ3) is 2.52. The zero-order valence-corrected chi connectivity index (χ0v) is 8.45. The zero-order valence-electron chi connectivity index (χ0n) is 7.64. The number of nitrogens with two attached hydrogens (primary N) is 1. The van der Waals surface area contributed by atoms with Crippen molar-refractivity contribution in [1.29, 1.82) is 0 Å². The summed E-state index contributed by atoms with van der Waals surface area (Å²) in [5.74, 6) is 0. The first-order chi connectivity index (χ1) is 6.45. The van der Waals surface area contributed by atoms with Gasteiger partial charge in [-0.2, -0.15) is 5.48 Å². The fourth-order valence-corrected chi connectivity index (χ4v) is 1.54. The van der Waals surface area contributed by atoms with E-state index in [0.717, 1.165) is 5.56 Å². The maximum atomic E-state index is 10.9. The molecule has 4 N–H and O–H groups in total. The molecule has 1 atom stereocenters. The number of rotatable bonds is 3. The van der Waals surface area contributed by atoms with Crippen LogP contribution in [0.2, 0.25) is 0 Å². The van der Waals surface area contributed by atoms with E-state index in [9.17, 15) is 8.42 Å². The van der Waals surface area contributed by atoms with Crippen molar-refractivity contribution in [3.05, 3.63) is 29.8 Å². The van der Waals surface area contributed by atoms with Crippen molar-refractivity contribution < 1.29 is 13.6 Å². The van der Waals surface area contributed by atoms with Gasteiger partial charge in [-0.25, -0.2) is 13.6 Å². The molecule has 0 aliphatic rings. The fraction of sp³-hybridized carbons (Fsp3) is 0.250. The molecule has 1 aromatic carbocycles. The summed E-state index contributed by atoms with van der Waals surface area (Å²) < 4.78 is 21.8. The van der Waals surface area contributed by atoms with Gasteiger partial charge in [0.05, 0.1) is 10.9 Å². The molecule has 0 spiro atoms. The third-order valence-corrected chi connectivity index (χ3v) is 2.83. The molecule has 78 valence electrons. The molecule has 0 amide bonds. The van der Waals surface area contributed by atoms with E-state index in [1.807, 2.05) is 0 Å². The molecule has 5 nitrogen and oxygen atoms in total. The molecule has 0 aliphatic carbocycles. The first-order valence-electron chi connectivity index (χ1n) is 3.97. The van der Waals surface area contributed by atoms with Gasteiger partial charge in [-0.15, -0.1) is 0 Å². The number of primary sulfonamides is 1. The molecule has 6 heteroatoms. The van der Waals surface area contributed by atoms with Crippen LogP contribution in [0.5, 0.6) is 0 Å². The standard InChI is InChI=1S/C8H12N2O3S/c1-6(10-11)7-2-4-8(5-3-7)14(9,12)13/h2-6,10-11H,1H3,(H2,9,12,13). The molecule has 0 saturated carbocycles. The van der Waals surface area contributed by atoms with Crippen LogP contribution in [0.25, 0.3) is 0 Å². The molecule has 1 rings (SSSR count). The van der Waals surface area contributed by atoms with Gasteiger partial charge in [-0.05, 0) is 24.6 Å². The van der Waals surface area contributed by atoms with E-state index in [2.05, 4.69) is 5.48 Å². The Morgan fingerprint density at radius 3 is 2.21 bits per heavy atom. The number of sulfonamides is 1. The summed E-state index contributed by atoms with van der Waals surface area (Å²) in [5.41, 5.74) is 2.84. The maximum absolute atomic E-state index is 10.9. The number of benzene rings is 1. The number of hydrogen-bond acceptors (Lipinski definition) is 4. The minimum Gasteiger partial charge on any atom is -0.316 e. The Bertz CT molecular complexity index is 399. The largest absolute Gasteiger partial charge is 0.316 e. The van der Waals surface area contributed by atoms with Crippen LogP contribution in [0.3, 0.4) is 0 Å². The average molecular weight is 216 g/mol. The van der Waals surface area contributed by atoms with Crippen molar-refractivity contribution in [1.82, 2.24) is 5.48 Å². The summed E-state index contributed by atoms with van der Waals surface area (Å²) in [6, 6.07) is 5.74. The highest BCUT2D eigenvalue weighted by Gasteiger charge is 2.08. The minimum absolute atomic E-state index is 0.0615. The SMILES string of the molecule is CC(NO)c1ccc(S(N)(=O)=O)cc1. The predicted octanol–water partition coefficient (Wildman–Crippen LogP) is 0.374. The van der Waals surface area contributed by atoms with E-state index in [4.69, 9.17) is 10.3 Å². The van der Waals surface area contributed by atoms with Crippen LogP contribution in [0.4, 0.5) is 0 Å². The summed E-state index contributed by atoms with van der Waals surface area (Å²) >= 11 is 0. The second kappa shape index (κ2) is 4.05. The van der Waals surface area contributed by atoms with Gasteiger partial charge in [-0.1, -0.05) is 12.1 Å². The molecule has 0 aliphatic heterocycles. The molecule has 0 bridgehead atoms. The van der Waals surface area contributed by atoms with Crippen LogP contribution in [-0.2, 0) is 10.0 Å². The molecular weight excluding hydrogens is 204 g/mol. The first kappa shape index (κ1) is 11.1. The molecular formula is C8H12N2O3S. The van der Waals surface area contributed by atoms with Gasteiger partial charge in [-0.3, -0.25) is 0 Å². The lowest BCUT2D eigenvalue weighted by Crippen LogP contribution is -2.14. The smallest absolute Gasteiger partial charge is 0.238 e. The monoisotopic (exact) mass is 216 g/mol. The van der Waals surface area contributed by atoms with E-state index < -0.39 is 10.0 Å². The normalized spacial score (nSPS) is 13.9. The predicted molar refractivity (Wildman–Crippen MR) is 51.2 cm³/mol. The number of hydroxylamine groups is 1. The minimum atomic E-state index is -3.63. The average Bonchev–Trinajstić information content (AvgIpc) is 2.15. The second-order valence-corrected chi connectivity index (χ2v) is 4.53. The molecule has 0 radical (unpaired) electrons. The summed E-state index contributed by atoms with van der Waals surface area (Å²) in [7, 11) is -3.63. The highest BCUT2D eigenvalue weighted by Crippen LogP contribution is 2.14. The Kier molecular flexibility index (Phi) is 3.22. The lowest BCUT2D eigenvalue weighted by molar-refractivity contribution is 0.133. The van der Waals surface area contributed by atoms with Gasteiger partial charge < -0.3 is 5.21 Å². The molecule has 14 heavy (non-hydrogen) atoms. The Hall–Kier alpha value is -0.950. The van der Waals surface area contributed by atoms with Crippen molar-refractivity contribution in [3.63, 3.8) is 0 Å². The second-order valence-electron chi connectivity index (χ2n) is 2.96. The molecule has 1 unspecified atom stereocenters. The van der Waals surface area contributed by atoms with Crippen molar-refractivity contribution in [2.75, 3.05) is 0 Å². The third-order valence-electron chi connectivity index (χ3n) is 1.90. The van der Waals surface area contributed by atoms with Gasteiger partial charge >= 0.3 is 0 Å². The Morgan fingerprint density at radius 1 is 1.36 bits per heavy atom. The maximum Gasteiger partial charge on any atom is 0.238 e. The van der Waals surface area contributed by atoms with Crippen LogP contribution in [0.1, 0.15) is 18.5 Å². The highest BCUT2D eigenvalue weighted by atomic mass is 32.2. The summed E-state index contributed by atoms with van der Waals surface area (Å²) in [5, 5.41) is 13.5. The van der Waals surface area contributed by atoms with Crippen molar-refractivity contribution >= 4 is 10.0 Å². The lowest BCUT2D eigenvalue weighted by atomic mass is 10.1. The van der Waals surface area contributed by atoms with E-state index in [1.54, 1.807) is 19.1 Å². The molecule has 0 aromatic heterocycles. The molecule has 0 heterocycles. The van der Waals surface area contributed by atoms with Gasteiger partial charge in [0.1, 0.15) is 0 Å². The highest BCUT2D eigenvalue weighted by molar-refractivity contribution is 7.89. The van der Waals surface area contributed by atoms with Gasteiger partial charge in [0.2, 0.25) is 10.0 Å². The molecule has 1 aromatic rings. The van der Waals surface area contributed by atoms with E-state index in [-0.39, 0.29) is 10.9 Å².